The molecular weight excluding hydrogens is 204 g/mol. The van der Waals surface area contributed by atoms with Crippen molar-refractivity contribution in [2.24, 2.45) is 0 Å². The Morgan fingerprint density at radius 3 is 2.75 bits per heavy atom. The molecule has 1 aromatic rings. The zero-order chi connectivity index (χ0) is 12.0. The third kappa shape index (κ3) is 3.24. The molecule has 88 valence electrons. The van der Waals surface area contributed by atoms with E-state index in [4.69, 9.17) is 4.74 Å². The van der Waals surface area contributed by atoms with Gasteiger partial charge in [0.1, 0.15) is 5.75 Å². The van der Waals surface area contributed by atoms with Crippen molar-refractivity contribution >= 4 is 5.91 Å². The van der Waals surface area contributed by atoms with Crippen LogP contribution in [0.15, 0.2) is 24.3 Å². The Labute approximate surface area is 96.2 Å². The zero-order valence-electron chi connectivity index (χ0n) is 9.99. The second-order valence-corrected chi connectivity index (χ2v) is 3.59. The zero-order valence-corrected chi connectivity index (χ0v) is 9.99. The quantitative estimate of drug-likeness (QED) is 0.804. The van der Waals surface area contributed by atoms with Gasteiger partial charge in [0, 0.05) is 19.2 Å². The molecule has 1 N–H and O–H groups in total. The number of methoxy groups -OCH3 is 1. The molecule has 0 aromatic heterocycles. The van der Waals surface area contributed by atoms with Crippen LogP contribution in [-0.4, -0.2) is 38.6 Å². The summed E-state index contributed by atoms with van der Waals surface area (Å²) in [6.07, 6.45) is 0. The lowest BCUT2D eigenvalue weighted by molar-refractivity contribution is -0.129. The Morgan fingerprint density at radius 1 is 1.44 bits per heavy atom. The van der Waals surface area contributed by atoms with E-state index < -0.39 is 0 Å². The predicted octanol–water partition coefficient (Wildman–Crippen LogP) is 0.873. The minimum absolute atomic E-state index is 0.0633. The second-order valence-electron chi connectivity index (χ2n) is 3.59. The third-order valence-electron chi connectivity index (χ3n) is 2.35. The topological polar surface area (TPSA) is 41.6 Å². The Hall–Kier alpha value is -1.55. The Balaban J connectivity index is 2.68. The summed E-state index contributed by atoms with van der Waals surface area (Å²) < 4.78 is 5.23. The lowest BCUT2D eigenvalue weighted by atomic mass is 10.2. The van der Waals surface area contributed by atoms with Gasteiger partial charge in [-0.15, -0.1) is 0 Å². The second kappa shape index (κ2) is 6.12. The van der Waals surface area contributed by atoms with E-state index in [-0.39, 0.29) is 5.91 Å². The summed E-state index contributed by atoms with van der Waals surface area (Å²) in [6.45, 7) is 0.913. The molecule has 0 spiro atoms. The fourth-order valence-electron chi connectivity index (χ4n) is 1.46. The minimum atomic E-state index is 0.0633. The van der Waals surface area contributed by atoms with Crippen molar-refractivity contribution in [1.29, 1.82) is 0 Å². The molecule has 0 aliphatic rings. The van der Waals surface area contributed by atoms with Crippen LogP contribution in [-0.2, 0) is 11.3 Å². The van der Waals surface area contributed by atoms with E-state index in [9.17, 15) is 4.79 Å². The molecule has 4 nitrogen and oxygen atoms in total. The third-order valence-corrected chi connectivity index (χ3v) is 2.35. The first kappa shape index (κ1) is 12.5. The van der Waals surface area contributed by atoms with Crippen LogP contribution < -0.4 is 10.1 Å². The van der Waals surface area contributed by atoms with Gasteiger partial charge in [-0.2, -0.15) is 0 Å². The summed E-state index contributed by atoms with van der Waals surface area (Å²) in [6, 6.07) is 7.71. The minimum Gasteiger partial charge on any atom is -0.496 e. The summed E-state index contributed by atoms with van der Waals surface area (Å²) in [4.78, 5) is 13.2. The number of benzene rings is 1. The number of hydrogen-bond acceptors (Lipinski definition) is 3. The standard InChI is InChI=1S/C12H18N2O2/c1-13-8-12(15)14(2)9-10-6-4-5-7-11(10)16-3/h4-7,13H,8-9H2,1-3H3. The first-order valence-electron chi connectivity index (χ1n) is 5.19. The van der Waals surface area contributed by atoms with Gasteiger partial charge in [-0.05, 0) is 13.1 Å². The monoisotopic (exact) mass is 222 g/mol. The van der Waals surface area contributed by atoms with Crippen LogP contribution in [0.1, 0.15) is 5.56 Å². The summed E-state index contributed by atoms with van der Waals surface area (Å²) in [5.74, 6) is 0.875. The number of carbonyl (C=O) groups is 1. The molecule has 1 rings (SSSR count). The number of ether oxygens (including phenoxy) is 1. The molecule has 0 aliphatic carbocycles. The number of hydrogen-bond donors (Lipinski definition) is 1. The molecule has 0 fully saturated rings. The lowest BCUT2D eigenvalue weighted by Gasteiger charge is -2.18. The van der Waals surface area contributed by atoms with E-state index in [1.807, 2.05) is 24.3 Å². The van der Waals surface area contributed by atoms with Gasteiger partial charge in [-0.3, -0.25) is 4.79 Å². The predicted molar refractivity (Wildman–Crippen MR) is 63.4 cm³/mol. The highest BCUT2D eigenvalue weighted by atomic mass is 16.5. The summed E-state index contributed by atoms with van der Waals surface area (Å²) in [5, 5.41) is 2.84. The van der Waals surface area contributed by atoms with Crippen molar-refractivity contribution < 1.29 is 9.53 Å². The maximum atomic E-state index is 11.6. The van der Waals surface area contributed by atoms with Crippen molar-refractivity contribution in [2.45, 2.75) is 6.54 Å². The Kier molecular flexibility index (Phi) is 4.79. The van der Waals surface area contributed by atoms with E-state index in [2.05, 4.69) is 5.32 Å². The van der Waals surface area contributed by atoms with Gasteiger partial charge in [-0.1, -0.05) is 18.2 Å². The number of rotatable bonds is 5. The highest BCUT2D eigenvalue weighted by molar-refractivity contribution is 5.78. The van der Waals surface area contributed by atoms with Crippen molar-refractivity contribution in [3.8, 4) is 5.75 Å². The van der Waals surface area contributed by atoms with Gasteiger partial charge in [0.15, 0.2) is 0 Å². The first-order chi connectivity index (χ1) is 7.69. The normalized spacial score (nSPS) is 9.94. The highest BCUT2D eigenvalue weighted by Crippen LogP contribution is 2.18. The maximum absolute atomic E-state index is 11.6. The maximum Gasteiger partial charge on any atom is 0.236 e. The molecule has 0 aliphatic heterocycles. The SMILES string of the molecule is CNCC(=O)N(C)Cc1ccccc1OC. The fraction of sp³-hybridized carbons (Fsp3) is 0.417. The number of nitrogens with zero attached hydrogens (tertiary/aromatic N) is 1. The molecule has 0 unspecified atom stereocenters. The van der Waals surface area contributed by atoms with E-state index in [1.54, 1.807) is 26.1 Å². The number of para-hydroxylation sites is 1. The van der Waals surface area contributed by atoms with E-state index in [1.165, 1.54) is 0 Å². The molecular formula is C12H18N2O2. The molecule has 16 heavy (non-hydrogen) atoms. The van der Waals surface area contributed by atoms with Crippen LogP contribution in [0.5, 0.6) is 5.75 Å². The van der Waals surface area contributed by atoms with E-state index in [0.29, 0.717) is 13.1 Å². The molecule has 0 saturated heterocycles. The molecule has 0 radical (unpaired) electrons. The van der Waals surface area contributed by atoms with Crippen LogP contribution in [0.2, 0.25) is 0 Å². The number of nitrogens with one attached hydrogen (secondary N) is 1. The van der Waals surface area contributed by atoms with Gasteiger partial charge in [0.05, 0.1) is 13.7 Å². The van der Waals surface area contributed by atoms with Crippen molar-refractivity contribution in [2.75, 3.05) is 27.7 Å². The largest absolute Gasteiger partial charge is 0.496 e. The number of carbonyl (C=O) groups excluding carboxylic acids is 1. The molecule has 4 heteroatoms. The Bertz CT molecular complexity index is 353. The lowest BCUT2D eigenvalue weighted by Crippen LogP contribution is -2.33. The van der Waals surface area contributed by atoms with Crippen molar-refractivity contribution in [3.05, 3.63) is 29.8 Å². The molecule has 0 saturated carbocycles. The smallest absolute Gasteiger partial charge is 0.236 e. The van der Waals surface area contributed by atoms with Crippen LogP contribution >= 0.6 is 0 Å². The molecule has 1 aromatic carbocycles. The van der Waals surface area contributed by atoms with Gasteiger partial charge in [0.25, 0.3) is 0 Å². The highest BCUT2D eigenvalue weighted by Gasteiger charge is 2.10. The number of amides is 1. The Morgan fingerprint density at radius 2 is 2.12 bits per heavy atom. The van der Waals surface area contributed by atoms with Crippen molar-refractivity contribution in [3.63, 3.8) is 0 Å². The average Bonchev–Trinajstić information content (AvgIpc) is 2.30. The van der Waals surface area contributed by atoms with Gasteiger partial charge >= 0.3 is 0 Å². The van der Waals surface area contributed by atoms with E-state index >= 15 is 0 Å². The fourth-order valence-corrected chi connectivity index (χ4v) is 1.46. The van der Waals surface area contributed by atoms with Crippen LogP contribution in [0.3, 0.4) is 0 Å². The van der Waals surface area contributed by atoms with Gasteiger partial charge in [-0.25, -0.2) is 0 Å². The van der Waals surface area contributed by atoms with Gasteiger partial charge in [0.2, 0.25) is 5.91 Å². The first-order valence-corrected chi connectivity index (χ1v) is 5.19. The summed E-state index contributed by atoms with van der Waals surface area (Å²) in [7, 11) is 5.18. The number of likely N-dealkylation sites (N-methyl/N-ethyl adjacent to an activating group) is 2. The molecule has 0 bridgehead atoms. The van der Waals surface area contributed by atoms with E-state index in [0.717, 1.165) is 11.3 Å². The van der Waals surface area contributed by atoms with Crippen molar-refractivity contribution in [1.82, 2.24) is 10.2 Å². The molecule has 0 atom stereocenters. The van der Waals surface area contributed by atoms with Crippen LogP contribution in [0.4, 0.5) is 0 Å². The van der Waals surface area contributed by atoms with Crippen LogP contribution in [0, 0.1) is 0 Å². The summed E-state index contributed by atoms with van der Waals surface area (Å²) >= 11 is 0. The molecule has 1 amide bonds. The average molecular weight is 222 g/mol. The summed E-state index contributed by atoms with van der Waals surface area (Å²) in [5.41, 5.74) is 1.01. The van der Waals surface area contributed by atoms with Crippen LogP contribution in [0.25, 0.3) is 0 Å². The van der Waals surface area contributed by atoms with Gasteiger partial charge < -0.3 is 15.0 Å². The molecule has 0 heterocycles.